The van der Waals surface area contributed by atoms with E-state index in [2.05, 4.69) is 237 Å². The van der Waals surface area contributed by atoms with Gasteiger partial charge in [-0.25, -0.2) is 4.98 Å². The van der Waals surface area contributed by atoms with Gasteiger partial charge in [0.2, 0.25) is 0 Å². The van der Waals surface area contributed by atoms with Crippen molar-refractivity contribution in [1.29, 1.82) is 0 Å². The topological polar surface area (TPSA) is 33.5 Å². The molecule has 0 fully saturated rings. The molecule has 9 rings (SSSR count). The Balaban J connectivity index is 0.940. The third kappa shape index (κ3) is 9.48. The maximum atomic E-state index is 6.73. The first kappa shape index (κ1) is 45.8. The molecule has 0 aliphatic carbocycles. The molecule has 6 aromatic carbocycles. The number of benzene rings is 6. The van der Waals surface area contributed by atoms with Crippen LogP contribution in [0.4, 0.5) is 17.1 Å². The number of fused-ring (bicyclic) bond motifs is 4. The Morgan fingerprint density at radius 1 is 0.507 bits per heavy atom. The number of para-hydroxylation sites is 3. The molecule has 8 aromatic rings. The van der Waals surface area contributed by atoms with Crippen molar-refractivity contribution < 1.29 is 4.74 Å². The first-order valence-electron chi connectivity index (χ1n) is 24.4. The molecule has 1 aliphatic rings. The molecule has 67 heavy (non-hydrogen) atoms. The quantitative estimate of drug-likeness (QED) is 0.128. The van der Waals surface area contributed by atoms with E-state index in [9.17, 15) is 0 Å². The van der Waals surface area contributed by atoms with E-state index in [1.54, 1.807) is 0 Å². The van der Waals surface area contributed by atoms with Crippen LogP contribution in [-0.4, -0.2) is 22.8 Å². The van der Waals surface area contributed by atoms with Crippen molar-refractivity contribution in [1.82, 2.24) is 9.55 Å². The summed E-state index contributed by atoms with van der Waals surface area (Å²) in [5.41, 5.74) is 15.6. The van der Waals surface area contributed by atoms with Crippen LogP contribution in [0.25, 0.3) is 38.8 Å². The summed E-state index contributed by atoms with van der Waals surface area (Å²) < 4.78 is 9.00. The second-order valence-corrected chi connectivity index (χ2v) is 23.0. The third-order valence-electron chi connectivity index (χ3n) is 13.8. The Morgan fingerprint density at radius 2 is 1.15 bits per heavy atom. The number of ether oxygens (including phenoxy) is 1. The molecule has 2 aromatic heterocycles. The number of nitrogens with zero attached hydrogens (tertiary/aromatic N) is 4. The number of hydrogen-bond donors (Lipinski definition) is 0. The van der Waals surface area contributed by atoms with E-state index in [1.807, 2.05) is 6.20 Å². The van der Waals surface area contributed by atoms with Crippen molar-refractivity contribution >= 4 is 38.9 Å². The summed E-state index contributed by atoms with van der Waals surface area (Å²) in [6, 6.07) is 51.4. The fraction of sp³-hybridized carbons (Fsp3) is 0.339. The van der Waals surface area contributed by atoms with Crippen molar-refractivity contribution in [3.63, 3.8) is 0 Å². The lowest BCUT2D eigenvalue weighted by molar-refractivity contribution is 0.483. The van der Waals surface area contributed by atoms with Crippen LogP contribution in [0.2, 0.25) is 0 Å². The van der Waals surface area contributed by atoms with Gasteiger partial charge in [0, 0.05) is 41.3 Å². The van der Waals surface area contributed by atoms with Crippen LogP contribution in [0.1, 0.15) is 124 Å². The van der Waals surface area contributed by atoms with Gasteiger partial charge in [-0.15, -0.1) is 0 Å². The van der Waals surface area contributed by atoms with E-state index in [4.69, 9.17) is 9.72 Å². The normalized spacial score (nSPS) is 13.5. The largest absolute Gasteiger partial charge is 0.457 e. The van der Waals surface area contributed by atoms with Gasteiger partial charge in [-0.1, -0.05) is 156 Å². The number of unbranched alkanes of at least 4 members (excludes halogenated alkanes) is 1. The summed E-state index contributed by atoms with van der Waals surface area (Å²) in [5.74, 6) is 2.50. The Labute approximate surface area is 400 Å². The Morgan fingerprint density at radius 3 is 1.87 bits per heavy atom. The van der Waals surface area contributed by atoms with Crippen LogP contribution in [0.3, 0.4) is 0 Å². The lowest BCUT2D eigenvalue weighted by Gasteiger charge is -2.27. The van der Waals surface area contributed by atoms with Gasteiger partial charge in [0.25, 0.3) is 0 Å². The predicted octanol–water partition coefficient (Wildman–Crippen LogP) is 16.8. The van der Waals surface area contributed by atoms with Gasteiger partial charge < -0.3 is 14.5 Å². The predicted molar refractivity (Wildman–Crippen MR) is 286 cm³/mol. The van der Waals surface area contributed by atoms with E-state index in [-0.39, 0.29) is 21.7 Å². The van der Waals surface area contributed by atoms with Gasteiger partial charge in [-0.2, -0.15) is 0 Å². The van der Waals surface area contributed by atoms with Crippen molar-refractivity contribution in [3.05, 3.63) is 174 Å². The third-order valence-corrected chi connectivity index (χ3v) is 13.8. The lowest BCUT2D eigenvalue weighted by atomic mass is 9.77. The molecule has 0 radical (unpaired) electrons. The highest BCUT2D eigenvalue weighted by Crippen LogP contribution is 2.43. The Kier molecular flexibility index (Phi) is 11.9. The second kappa shape index (κ2) is 17.4. The molecule has 5 nitrogen and oxygen atoms in total. The van der Waals surface area contributed by atoms with Gasteiger partial charge >= 0.3 is 0 Å². The molecule has 0 saturated carbocycles. The van der Waals surface area contributed by atoms with E-state index >= 15 is 0 Å². The van der Waals surface area contributed by atoms with Gasteiger partial charge in [0.05, 0.1) is 29.1 Å². The minimum atomic E-state index is 0.00362. The average molecular weight is 887 g/mol. The van der Waals surface area contributed by atoms with Gasteiger partial charge in [0.15, 0.2) is 0 Å². The number of anilines is 3. The van der Waals surface area contributed by atoms with Crippen molar-refractivity contribution in [2.24, 2.45) is 0 Å². The fourth-order valence-electron chi connectivity index (χ4n) is 9.61. The summed E-state index contributed by atoms with van der Waals surface area (Å²) in [4.78, 5) is 9.85. The zero-order valence-electron chi connectivity index (χ0n) is 42.1. The molecule has 0 spiro atoms. The highest BCUT2D eigenvalue weighted by Gasteiger charge is 2.28. The van der Waals surface area contributed by atoms with Crippen LogP contribution in [0.5, 0.6) is 11.5 Å². The van der Waals surface area contributed by atoms with Gasteiger partial charge in [-0.3, -0.25) is 4.57 Å². The first-order valence-corrected chi connectivity index (χ1v) is 24.4. The lowest BCUT2D eigenvalue weighted by Crippen LogP contribution is -2.28. The molecular weight excluding hydrogens is 817 g/mol. The molecule has 0 unspecified atom stereocenters. The standard InChI is InChI=1S/C62H70N4O/c1-59(2,3)44-28-27-42(53(37-44)43-34-46(61(7,8)9)36-47(35-43)62(10,11)12)20-17-18-33-64-41-65(56-26-16-15-25-55(56)64)48-21-19-22-49(39-48)67-50-29-30-52-51-23-13-14-24-54(51)66(57(52)40-50)58-38-45(31-32-63-58)60(4,5)6/h13-16,19,21-32,34-40H,17-18,20,33,41H2,1-12H3. The minimum absolute atomic E-state index is 0.00362. The van der Waals surface area contributed by atoms with E-state index in [0.717, 1.165) is 66.5 Å². The molecule has 3 heterocycles. The maximum Gasteiger partial charge on any atom is 0.137 e. The number of rotatable bonds is 10. The summed E-state index contributed by atoms with van der Waals surface area (Å²) in [7, 11) is 0. The zero-order valence-corrected chi connectivity index (χ0v) is 42.1. The first-order chi connectivity index (χ1) is 31.7. The molecule has 0 amide bonds. The summed E-state index contributed by atoms with van der Waals surface area (Å²) in [6.45, 7) is 29.5. The van der Waals surface area contributed by atoms with E-state index in [0.29, 0.717) is 0 Å². The SMILES string of the molecule is CC(C)(C)c1cc(-c2cc(C(C)(C)C)ccc2CCCCN2CN(c3cccc(Oc4ccc5c6ccccc6n(-c6cc(C(C)(C)C)ccn6)c5c4)c3)c3ccccc32)cc(C(C)(C)C)c1. The van der Waals surface area contributed by atoms with Gasteiger partial charge in [0.1, 0.15) is 17.3 Å². The molecule has 1 aliphatic heterocycles. The minimum Gasteiger partial charge on any atom is -0.457 e. The fourth-order valence-corrected chi connectivity index (χ4v) is 9.61. The average Bonchev–Trinajstić information content (AvgIpc) is 3.82. The highest BCUT2D eigenvalue weighted by molar-refractivity contribution is 6.09. The van der Waals surface area contributed by atoms with Crippen molar-refractivity contribution in [2.45, 2.75) is 124 Å². The molecule has 344 valence electrons. The molecule has 0 saturated heterocycles. The smallest absolute Gasteiger partial charge is 0.137 e. The van der Waals surface area contributed by atoms with Crippen LogP contribution in [0.15, 0.2) is 146 Å². The molecule has 0 N–H and O–H groups in total. The monoisotopic (exact) mass is 887 g/mol. The highest BCUT2D eigenvalue weighted by atomic mass is 16.5. The molecule has 0 atom stereocenters. The number of hydrogen-bond acceptors (Lipinski definition) is 4. The molecule has 5 heteroatoms. The number of aromatic nitrogens is 2. The van der Waals surface area contributed by atoms with Crippen LogP contribution < -0.4 is 14.5 Å². The van der Waals surface area contributed by atoms with Crippen molar-refractivity contribution in [3.8, 4) is 28.4 Å². The zero-order chi connectivity index (χ0) is 47.5. The number of aryl methyl sites for hydroxylation is 1. The van der Waals surface area contributed by atoms with E-state index in [1.165, 1.54) is 61.1 Å². The Hall–Kier alpha value is -6.33. The number of pyridine rings is 1. The second-order valence-electron chi connectivity index (χ2n) is 23.0. The van der Waals surface area contributed by atoms with Crippen molar-refractivity contribution in [2.75, 3.05) is 23.0 Å². The molecule has 0 bridgehead atoms. The Bertz CT molecular complexity index is 3060. The summed E-state index contributed by atoms with van der Waals surface area (Å²) in [6.07, 6.45) is 5.17. The molecular formula is C62H70N4O. The van der Waals surface area contributed by atoms with Crippen LogP contribution in [0, 0.1) is 0 Å². The van der Waals surface area contributed by atoms with Crippen LogP contribution >= 0.6 is 0 Å². The van der Waals surface area contributed by atoms with Crippen LogP contribution in [-0.2, 0) is 28.1 Å². The van der Waals surface area contributed by atoms with E-state index < -0.39 is 0 Å². The summed E-state index contributed by atoms with van der Waals surface area (Å²) in [5, 5.41) is 2.37. The van der Waals surface area contributed by atoms with Gasteiger partial charge in [-0.05, 0) is 134 Å². The maximum absolute atomic E-state index is 6.73. The summed E-state index contributed by atoms with van der Waals surface area (Å²) >= 11 is 0.